The number of ether oxygens (including phenoxy) is 1. The highest BCUT2D eigenvalue weighted by atomic mass is 16.5. The molecular weight excluding hydrogens is 404 g/mol. The number of hydrogen-bond acceptors (Lipinski definition) is 4. The van der Waals surface area contributed by atoms with Crippen LogP contribution in [-0.4, -0.2) is 23.6 Å². The lowest BCUT2D eigenvalue weighted by molar-refractivity contribution is -0.111. The summed E-state index contributed by atoms with van der Waals surface area (Å²) in [6, 6.07) is 22.2. The molecule has 0 bridgehead atoms. The van der Waals surface area contributed by atoms with Gasteiger partial charge in [-0.3, -0.25) is 14.8 Å². The molecule has 0 aliphatic heterocycles. The van der Waals surface area contributed by atoms with Gasteiger partial charge in [0.1, 0.15) is 0 Å². The van der Waals surface area contributed by atoms with Crippen molar-refractivity contribution in [1.29, 1.82) is 0 Å². The molecule has 0 fully saturated rings. The molecule has 3 aromatic carbocycles. The predicted molar refractivity (Wildman–Crippen MR) is 125 cm³/mol. The number of rotatable bonds is 9. The smallest absolute Gasteiger partial charge is 0.274 e. The Morgan fingerprint density at radius 2 is 1.72 bits per heavy atom. The molecule has 0 spiro atoms. The minimum Gasteiger partial charge on any atom is -0.377 e. The van der Waals surface area contributed by atoms with E-state index in [2.05, 4.69) is 5.32 Å². The molecule has 0 unspecified atom stereocenters. The molecule has 6 heteroatoms. The molecule has 3 N–H and O–H groups in total. The number of benzene rings is 3. The topological polar surface area (TPSA) is 87.7 Å². The second-order valence-electron chi connectivity index (χ2n) is 7.22. The van der Waals surface area contributed by atoms with Gasteiger partial charge in [-0.1, -0.05) is 49.4 Å². The summed E-state index contributed by atoms with van der Waals surface area (Å²) in [5.74, 6) is -0.808. The third-order valence-electron chi connectivity index (χ3n) is 4.69. The Morgan fingerprint density at radius 1 is 0.969 bits per heavy atom. The van der Waals surface area contributed by atoms with Crippen LogP contribution in [0.25, 0.3) is 17.2 Å². The summed E-state index contributed by atoms with van der Waals surface area (Å²) in [7, 11) is 0. The summed E-state index contributed by atoms with van der Waals surface area (Å²) < 4.78 is 5.68. The highest BCUT2D eigenvalue weighted by Crippen LogP contribution is 2.26. The van der Waals surface area contributed by atoms with Gasteiger partial charge in [0, 0.05) is 23.9 Å². The Bertz CT molecular complexity index is 1080. The van der Waals surface area contributed by atoms with Crippen molar-refractivity contribution in [3.8, 4) is 11.1 Å². The lowest BCUT2D eigenvalue weighted by Gasteiger charge is -2.12. The van der Waals surface area contributed by atoms with Crippen molar-refractivity contribution in [3.05, 3.63) is 95.6 Å². The largest absolute Gasteiger partial charge is 0.377 e. The molecular formula is C26H26N2O4. The zero-order valence-corrected chi connectivity index (χ0v) is 17.9. The van der Waals surface area contributed by atoms with Crippen molar-refractivity contribution in [2.45, 2.75) is 20.0 Å². The third kappa shape index (κ3) is 6.63. The van der Waals surface area contributed by atoms with Gasteiger partial charge in [-0.05, 0) is 65.1 Å². The van der Waals surface area contributed by atoms with Gasteiger partial charge in [0.15, 0.2) is 0 Å². The zero-order chi connectivity index (χ0) is 22.8. The number of hydroxylamine groups is 1. The van der Waals surface area contributed by atoms with Gasteiger partial charge in [0.2, 0.25) is 5.91 Å². The van der Waals surface area contributed by atoms with Gasteiger partial charge in [-0.15, -0.1) is 0 Å². The maximum atomic E-state index is 12.5. The van der Waals surface area contributed by atoms with Crippen LogP contribution in [0, 0.1) is 0 Å². The normalized spacial score (nSPS) is 10.8. The highest BCUT2D eigenvalue weighted by molar-refractivity contribution is 6.02. The number of anilines is 1. The fourth-order valence-corrected chi connectivity index (χ4v) is 3.15. The Kier molecular flexibility index (Phi) is 8.31. The summed E-state index contributed by atoms with van der Waals surface area (Å²) in [5, 5.41) is 11.7. The number of carbonyl (C=O) groups excluding carboxylic acids is 2. The van der Waals surface area contributed by atoms with Crippen molar-refractivity contribution in [2.24, 2.45) is 0 Å². The monoisotopic (exact) mass is 430 g/mol. The summed E-state index contributed by atoms with van der Waals surface area (Å²) in [4.78, 5) is 24.0. The van der Waals surface area contributed by atoms with Crippen molar-refractivity contribution >= 4 is 23.6 Å². The first kappa shape index (κ1) is 22.9. The molecule has 3 rings (SSSR count). The quantitative estimate of drug-likeness (QED) is 0.192. The van der Waals surface area contributed by atoms with Crippen molar-refractivity contribution < 1.29 is 19.5 Å². The lowest BCUT2D eigenvalue weighted by atomic mass is 10.0. The van der Waals surface area contributed by atoms with E-state index in [4.69, 9.17) is 9.94 Å². The van der Waals surface area contributed by atoms with Gasteiger partial charge in [-0.2, -0.15) is 0 Å². The summed E-state index contributed by atoms with van der Waals surface area (Å²) in [6.45, 7) is 3.12. The predicted octanol–water partition coefficient (Wildman–Crippen LogP) is 5.05. The number of nitrogens with one attached hydrogen (secondary N) is 2. The van der Waals surface area contributed by atoms with Crippen LogP contribution in [0.3, 0.4) is 0 Å². The Morgan fingerprint density at radius 3 is 2.41 bits per heavy atom. The standard InChI is InChI=1S/C26H26N2O4/c1-2-14-32-18-20-15-23(21-9-11-22(12-10-21)26(30)28-31)17-24(16-20)27-25(29)13-8-19-6-4-3-5-7-19/h3-13,15-17,31H,2,14,18H2,1H3,(H,27,29)(H,28,30)/b13-8+. The first-order valence-corrected chi connectivity index (χ1v) is 10.4. The van der Waals surface area contributed by atoms with Crippen molar-refractivity contribution in [3.63, 3.8) is 0 Å². The Hall–Kier alpha value is -3.74. The first-order chi connectivity index (χ1) is 15.6. The molecule has 0 aliphatic rings. The zero-order valence-electron chi connectivity index (χ0n) is 17.9. The molecule has 0 radical (unpaired) electrons. The second kappa shape index (κ2) is 11.6. The number of hydrogen-bond donors (Lipinski definition) is 3. The van der Waals surface area contributed by atoms with Crippen LogP contribution in [0.1, 0.15) is 34.8 Å². The SMILES string of the molecule is CCCOCc1cc(NC(=O)/C=C/c2ccccc2)cc(-c2ccc(C(=O)NO)cc2)c1. The maximum Gasteiger partial charge on any atom is 0.274 e. The number of carbonyl (C=O) groups is 2. The van der Waals surface area contributed by atoms with Crippen molar-refractivity contribution in [1.82, 2.24) is 5.48 Å². The summed E-state index contributed by atoms with van der Waals surface area (Å²) in [5.41, 5.74) is 6.23. The lowest BCUT2D eigenvalue weighted by Crippen LogP contribution is -2.18. The van der Waals surface area contributed by atoms with Gasteiger partial charge in [0.05, 0.1) is 6.61 Å². The summed E-state index contributed by atoms with van der Waals surface area (Å²) >= 11 is 0. The van der Waals surface area contributed by atoms with Crippen LogP contribution in [-0.2, 0) is 16.1 Å². The Balaban J connectivity index is 1.83. The van der Waals surface area contributed by atoms with Crippen LogP contribution in [0.5, 0.6) is 0 Å². The van der Waals surface area contributed by atoms with E-state index >= 15 is 0 Å². The molecule has 0 atom stereocenters. The molecule has 6 nitrogen and oxygen atoms in total. The van der Waals surface area contributed by atoms with Crippen LogP contribution >= 0.6 is 0 Å². The first-order valence-electron chi connectivity index (χ1n) is 10.4. The average Bonchev–Trinajstić information content (AvgIpc) is 2.83. The summed E-state index contributed by atoms with van der Waals surface area (Å²) in [6.07, 6.45) is 4.18. The van der Waals surface area contributed by atoms with Crippen LogP contribution in [0.15, 0.2) is 78.9 Å². The molecule has 2 amide bonds. The molecule has 0 saturated carbocycles. The fourth-order valence-electron chi connectivity index (χ4n) is 3.15. The van der Waals surface area contributed by atoms with E-state index in [0.29, 0.717) is 24.5 Å². The molecule has 0 aromatic heterocycles. The van der Waals surface area contributed by atoms with Gasteiger partial charge >= 0.3 is 0 Å². The molecule has 32 heavy (non-hydrogen) atoms. The van der Waals surface area contributed by atoms with E-state index in [1.165, 1.54) is 6.08 Å². The van der Waals surface area contributed by atoms with Gasteiger partial charge in [0.25, 0.3) is 5.91 Å². The van der Waals surface area contributed by atoms with Crippen molar-refractivity contribution in [2.75, 3.05) is 11.9 Å². The number of amides is 2. The molecule has 0 saturated heterocycles. The van der Waals surface area contributed by atoms with E-state index < -0.39 is 5.91 Å². The van der Waals surface area contributed by atoms with Gasteiger partial charge < -0.3 is 10.1 Å². The van der Waals surface area contributed by atoms with Crippen LogP contribution < -0.4 is 10.8 Å². The van der Waals surface area contributed by atoms with E-state index in [9.17, 15) is 9.59 Å². The van der Waals surface area contributed by atoms with Gasteiger partial charge in [-0.25, -0.2) is 5.48 Å². The minimum atomic E-state index is -0.573. The highest BCUT2D eigenvalue weighted by Gasteiger charge is 2.08. The molecule has 164 valence electrons. The van der Waals surface area contributed by atoms with Crippen LogP contribution in [0.2, 0.25) is 0 Å². The average molecular weight is 431 g/mol. The van der Waals surface area contributed by atoms with E-state index in [0.717, 1.165) is 28.7 Å². The maximum absolute atomic E-state index is 12.5. The Labute approximate surface area is 187 Å². The third-order valence-corrected chi connectivity index (χ3v) is 4.69. The fraction of sp³-hybridized carbons (Fsp3) is 0.154. The van der Waals surface area contributed by atoms with E-state index in [-0.39, 0.29) is 5.91 Å². The van der Waals surface area contributed by atoms with E-state index in [1.807, 2.05) is 55.5 Å². The molecule has 0 aliphatic carbocycles. The second-order valence-corrected chi connectivity index (χ2v) is 7.22. The molecule has 3 aromatic rings. The van der Waals surface area contributed by atoms with E-state index in [1.54, 1.807) is 35.8 Å². The van der Waals surface area contributed by atoms with Crippen LogP contribution in [0.4, 0.5) is 5.69 Å². The molecule has 0 heterocycles. The minimum absolute atomic E-state index is 0.235.